The summed E-state index contributed by atoms with van der Waals surface area (Å²) < 4.78 is 5.81. The number of rotatable bonds is 5. The van der Waals surface area contributed by atoms with Crippen LogP contribution in [0.3, 0.4) is 0 Å². The van der Waals surface area contributed by atoms with Gasteiger partial charge in [0.05, 0.1) is 6.61 Å². The van der Waals surface area contributed by atoms with Crippen molar-refractivity contribution < 1.29 is 9.53 Å². The highest BCUT2D eigenvalue weighted by atomic mass is 16.5. The van der Waals surface area contributed by atoms with Crippen molar-refractivity contribution in [2.24, 2.45) is 5.73 Å². The minimum Gasteiger partial charge on any atom is -0.492 e. The van der Waals surface area contributed by atoms with Crippen molar-refractivity contribution >= 4 is 5.91 Å². The van der Waals surface area contributed by atoms with E-state index in [1.807, 2.05) is 36.5 Å². The predicted octanol–water partition coefficient (Wildman–Crippen LogP) is 2.59. The lowest BCUT2D eigenvalue weighted by Gasteiger charge is -2.32. The zero-order chi connectivity index (χ0) is 15.6. The molecule has 0 bridgehead atoms. The highest BCUT2D eigenvalue weighted by molar-refractivity contribution is 5.91. The van der Waals surface area contributed by atoms with Gasteiger partial charge < -0.3 is 10.5 Å². The minimum atomic E-state index is -0.890. The maximum absolute atomic E-state index is 12.6. The van der Waals surface area contributed by atoms with Crippen molar-refractivity contribution in [1.29, 1.82) is 0 Å². The zero-order valence-electron chi connectivity index (χ0n) is 12.7. The number of hydrogen-bond acceptors (Lipinski definition) is 3. The molecule has 2 heterocycles. The molecule has 0 saturated carbocycles. The first kappa shape index (κ1) is 14.6. The lowest BCUT2D eigenvalue weighted by Crippen LogP contribution is -2.42. The lowest BCUT2D eigenvalue weighted by atomic mass is 9.70. The first-order valence-electron chi connectivity index (χ1n) is 7.65. The normalized spacial score (nSPS) is 15.7. The number of benzene rings is 1. The van der Waals surface area contributed by atoms with Gasteiger partial charge in [0.25, 0.3) is 0 Å². The fraction of sp³-hybridized carbons (Fsp3) is 0.333. The summed E-state index contributed by atoms with van der Waals surface area (Å²) in [6.07, 6.45) is 5.84. The summed E-state index contributed by atoms with van der Waals surface area (Å²) in [4.78, 5) is 16.9. The summed E-state index contributed by atoms with van der Waals surface area (Å²) in [6, 6.07) is 9.70. The molecular weight excluding hydrogens is 276 g/mol. The molecule has 0 radical (unpaired) electrons. The van der Waals surface area contributed by atoms with E-state index in [-0.39, 0.29) is 5.91 Å². The highest BCUT2D eigenvalue weighted by Crippen LogP contribution is 2.43. The standard InChI is InChI=1S/C18H20N2O2/c1-2-9-18(17(19)21,14-6-4-3-5-7-14)15-12-20-11-13-8-10-22-16(13)15/h3-7,11-12H,2,8-10H2,1H3,(H2,19,21). The van der Waals surface area contributed by atoms with Crippen LogP contribution in [0.15, 0.2) is 42.7 Å². The van der Waals surface area contributed by atoms with E-state index in [1.54, 1.807) is 6.20 Å². The molecule has 1 aromatic carbocycles. The van der Waals surface area contributed by atoms with E-state index in [0.717, 1.165) is 35.3 Å². The third-order valence-electron chi connectivity index (χ3n) is 4.36. The van der Waals surface area contributed by atoms with Crippen LogP contribution in [0.1, 0.15) is 36.5 Å². The molecule has 0 aliphatic carbocycles. The van der Waals surface area contributed by atoms with E-state index in [0.29, 0.717) is 13.0 Å². The van der Waals surface area contributed by atoms with E-state index in [1.165, 1.54) is 0 Å². The van der Waals surface area contributed by atoms with Crippen LogP contribution in [0.5, 0.6) is 5.75 Å². The van der Waals surface area contributed by atoms with Crippen LogP contribution >= 0.6 is 0 Å². The first-order chi connectivity index (χ1) is 10.7. The van der Waals surface area contributed by atoms with Crippen LogP contribution in [-0.4, -0.2) is 17.5 Å². The van der Waals surface area contributed by atoms with Gasteiger partial charge >= 0.3 is 0 Å². The molecule has 3 rings (SSSR count). The van der Waals surface area contributed by atoms with E-state index < -0.39 is 5.41 Å². The summed E-state index contributed by atoms with van der Waals surface area (Å²) in [5.41, 5.74) is 7.75. The molecule has 1 amide bonds. The molecule has 0 fully saturated rings. The zero-order valence-corrected chi connectivity index (χ0v) is 12.7. The van der Waals surface area contributed by atoms with E-state index in [2.05, 4.69) is 11.9 Å². The van der Waals surface area contributed by atoms with Crippen molar-refractivity contribution in [1.82, 2.24) is 4.98 Å². The summed E-state index contributed by atoms with van der Waals surface area (Å²) in [5.74, 6) is 0.428. The summed E-state index contributed by atoms with van der Waals surface area (Å²) >= 11 is 0. The van der Waals surface area contributed by atoms with Gasteiger partial charge in [0, 0.05) is 29.9 Å². The van der Waals surface area contributed by atoms with Gasteiger partial charge in [0.15, 0.2) is 0 Å². The Morgan fingerprint density at radius 1 is 1.32 bits per heavy atom. The molecule has 114 valence electrons. The first-order valence-corrected chi connectivity index (χ1v) is 7.65. The maximum atomic E-state index is 12.6. The van der Waals surface area contributed by atoms with Crippen LogP contribution in [0.25, 0.3) is 0 Å². The van der Waals surface area contributed by atoms with Crippen molar-refractivity contribution in [3.05, 3.63) is 59.4 Å². The summed E-state index contributed by atoms with van der Waals surface area (Å²) in [7, 11) is 0. The van der Waals surface area contributed by atoms with Crippen molar-refractivity contribution in [3.63, 3.8) is 0 Å². The van der Waals surface area contributed by atoms with Crippen LogP contribution in [-0.2, 0) is 16.6 Å². The molecule has 1 aliphatic heterocycles. The molecule has 0 spiro atoms. The second kappa shape index (κ2) is 5.79. The number of carbonyl (C=O) groups excluding carboxylic acids is 1. The maximum Gasteiger partial charge on any atom is 0.232 e. The monoisotopic (exact) mass is 296 g/mol. The molecule has 1 aromatic heterocycles. The molecule has 4 heteroatoms. The van der Waals surface area contributed by atoms with Gasteiger partial charge in [-0.3, -0.25) is 9.78 Å². The number of ether oxygens (including phenoxy) is 1. The molecule has 1 unspecified atom stereocenters. The van der Waals surface area contributed by atoms with Gasteiger partial charge in [-0.1, -0.05) is 43.7 Å². The molecular formula is C18H20N2O2. The van der Waals surface area contributed by atoms with Crippen LogP contribution < -0.4 is 10.5 Å². The number of amides is 1. The number of fused-ring (bicyclic) bond motifs is 1. The Balaban J connectivity index is 2.27. The Labute approximate surface area is 130 Å². The van der Waals surface area contributed by atoms with Crippen molar-refractivity contribution in [2.75, 3.05) is 6.61 Å². The molecule has 1 aliphatic rings. The van der Waals surface area contributed by atoms with Crippen molar-refractivity contribution in [3.8, 4) is 5.75 Å². The molecule has 2 N–H and O–H groups in total. The van der Waals surface area contributed by atoms with Crippen LogP contribution in [0.4, 0.5) is 0 Å². The Morgan fingerprint density at radius 2 is 2.09 bits per heavy atom. The van der Waals surface area contributed by atoms with Gasteiger partial charge in [-0.05, 0) is 12.0 Å². The van der Waals surface area contributed by atoms with Gasteiger partial charge in [-0.15, -0.1) is 0 Å². The number of pyridine rings is 1. The average molecular weight is 296 g/mol. The molecule has 2 aromatic rings. The Bertz CT molecular complexity index is 685. The largest absolute Gasteiger partial charge is 0.492 e. The SMILES string of the molecule is CCCC(C(N)=O)(c1ccccc1)c1cncc2c1OCC2. The van der Waals surface area contributed by atoms with Gasteiger partial charge in [-0.25, -0.2) is 0 Å². The van der Waals surface area contributed by atoms with Gasteiger partial charge in [-0.2, -0.15) is 0 Å². The highest BCUT2D eigenvalue weighted by Gasteiger charge is 2.43. The summed E-state index contributed by atoms with van der Waals surface area (Å²) in [6.45, 7) is 2.68. The molecule has 1 atom stereocenters. The van der Waals surface area contributed by atoms with E-state index >= 15 is 0 Å². The minimum absolute atomic E-state index is 0.355. The third-order valence-corrected chi connectivity index (χ3v) is 4.36. The second-order valence-electron chi connectivity index (χ2n) is 5.66. The van der Waals surface area contributed by atoms with Crippen molar-refractivity contribution in [2.45, 2.75) is 31.6 Å². The fourth-order valence-corrected chi connectivity index (χ4v) is 3.34. The number of carbonyl (C=O) groups is 1. The number of nitrogens with zero attached hydrogens (tertiary/aromatic N) is 1. The third kappa shape index (κ3) is 2.15. The van der Waals surface area contributed by atoms with E-state index in [4.69, 9.17) is 10.5 Å². The second-order valence-corrected chi connectivity index (χ2v) is 5.66. The quantitative estimate of drug-likeness (QED) is 0.922. The molecule has 22 heavy (non-hydrogen) atoms. The molecule has 4 nitrogen and oxygen atoms in total. The lowest BCUT2D eigenvalue weighted by molar-refractivity contribution is -0.122. The van der Waals surface area contributed by atoms with E-state index in [9.17, 15) is 4.79 Å². The van der Waals surface area contributed by atoms with Gasteiger partial charge in [0.1, 0.15) is 11.2 Å². The Kier molecular flexibility index (Phi) is 3.84. The predicted molar refractivity (Wildman–Crippen MR) is 84.8 cm³/mol. The van der Waals surface area contributed by atoms with Gasteiger partial charge in [0.2, 0.25) is 5.91 Å². The smallest absolute Gasteiger partial charge is 0.232 e. The number of aromatic nitrogens is 1. The number of nitrogens with two attached hydrogens (primary N) is 1. The van der Waals surface area contributed by atoms with Crippen LogP contribution in [0, 0.1) is 0 Å². The topological polar surface area (TPSA) is 65.2 Å². The fourth-order valence-electron chi connectivity index (χ4n) is 3.34. The average Bonchev–Trinajstić information content (AvgIpc) is 3.02. The Hall–Kier alpha value is -2.36. The number of primary amides is 1. The number of hydrogen-bond donors (Lipinski definition) is 1. The molecule has 0 saturated heterocycles. The van der Waals surface area contributed by atoms with Crippen LogP contribution in [0.2, 0.25) is 0 Å². The Morgan fingerprint density at radius 3 is 2.77 bits per heavy atom. The summed E-state index contributed by atoms with van der Waals surface area (Å²) in [5, 5.41) is 0.